The van der Waals surface area contributed by atoms with Crippen molar-refractivity contribution in [2.45, 2.75) is 81.1 Å². The summed E-state index contributed by atoms with van der Waals surface area (Å²) in [5, 5.41) is 10.1. The summed E-state index contributed by atoms with van der Waals surface area (Å²) in [4.78, 5) is 24.7. The number of allylic oxidation sites excluding steroid dienone is 4. The molecule has 0 saturated carbocycles. The normalized spacial score (nSPS) is 19.5. The molecule has 2 unspecified atom stereocenters. The second kappa shape index (κ2) is 12.2. The average Bonchev–Trinajstić information content (AvgIpc) is 2.81. The first-order valence-corrected chi connectivity index (χ1v) is 13.0. The van der Waals surface area contributed by atoms with Crippen LogP contribution < -0.4 is 0 Å². The number of aliphatic hydroxyl groups excluding tert-OH is 1. The lowest BCUT2D eigenvalue weighted by Gasteiger charge is -2.37. The second-order valence-electron chi connectivity index (χ2n) is 12.1. The smallest absolute Gasteiger partial charge is 0.338 e. The van der Waals surface area contributed by atoms with Crippen LogP contribution in [0, 0.1) is 28.6 Å². The van der Waals surface area contributed by atoms with Crippen molar-refractivity contribution in [3.63, 3.8) is 0 Å². The molecule has 35 heavy (non-hydrogen) atoms. The van der Waals surface area contributed by atoms with Gasteiger partial charge >= 0.3 is 5.97 Å². The summed E-state index contributed by atoms with van der Waals surface area (Å²) in [5.74, 6) is -0.222. The van der Waals surface area contributed by atoms with E-state index in [1.54, 1.807) is 24.3 Å². The standard InChI is InChI=1S/C31H46O4/c1-21(2)28(33)23-11-13-24(14-12-23)29(34)35-20-25-15-16-27(18-26(25)19-32)31(7,8)17-9-10-22(3)30(4,5)6/h10-14,16,21,25-26,32H,9,15,17-20H2,1-8H3/b22-10+. The molecule has 0 aliphatic heterocycles. The molecule has 2 rings (SSSR count). The van der Waals surface area contributed by atoms with Crippen molar-refractivity contribution in [2.75, 3.05) is 13.2 Å². The van der Waals surface area contributed by atoms with Crippen LogP contribution in [-0.2, 0) is 4.74 Å². The Balaban J connectivity index is 1.96. The van der Waals surface area contributed by atoms with E-state index in [4.69, 9.17) is 4.74 Å². The number of aliphatic hydroxyl groups is 1. The first-order valence-electron chi connectivity index (χ1n) is 13.0. The first kappa shape index (κ1) is 29.0. The third kappa shape index (κ3) is 8.17. The van der Waals surface area contributed by atoms with E-state index in [-0.39, 0.29) is 53.6 Å². The molecule has 4 heteroatoms. The number of rotatable bonds is 10. The average molecular weight is 483 g/mol. The van der Waals surface area contributed by atoms with Gasteiger partial charge in [-0.3, -0.25) is 4.79 Å². The molecule has 0 heterocycles. The number of Topliss-reactive ketones (excluding diaryl/α,β-unsaturated/α-hetero) is 1. The number of esters is 1. The molecule has 1 aromatic rings. The van der Waals surface area contributed by atoms with Gasteiger partial charge in [0.15, 0.2) is 5.78 Å². The van der Waals surface area contributed by atoms with Crippen molar-refractivity contribution >= 4 is 11.8 Å². The Hall–Kier alpha value is -2.20. The van der Waals surface area contributed by atoms with E-state index in [0.29, 0.717) is 11.1 Å². The Morgan fingerprint density at radius 3 is 2.20 bits per heavy atom. The number of ketones is 1. The van der Waals surface area contributed by atoms with Gasteiger partial charge in [0.2, 0.25) is 0 Å². The van der Waals surface area contributed by atoms with Crippen LogP contribution in [0.25, 0.3) is 0 Å². The Kier molecular flexibility index (Phi) is 10.1. The Bertz CT molecular complexity index is 926. The largest absolute Gasteiger partial charge is 0.462 e. The van der Waals surface area contributed by atoms with Crippen LogP contribution in [0.2, 0.25) is 0 Å². The van der Waals surface area contributed by atoms with Gasteiger partial charge in [-0.05, 0) is 61.5 Å². The van der Waals surface area contributed by atoms with Gasteiger partial charge in [0, 0.05) is 24.0 Å². The van der Waals surface area contributed by atoms with Crippen LogP contribution in [0.4, 0.5) is 0 Å². The molecule has 2 atom stereocenters. The monoisotopic (exact) mass is 482 g/mol. The third-order valence-electron chi connectivity index (χ3n) is 7.68. The summed E-state index contributed by atoms with van der Waals surface area (Å²) < 4.78 is 5.62. The van der Waals surface area contributed by atoms with Crippen LogP contribution >= 0.6 is 0 Å². The van der Waals surface area contributed by atoms with E-state index >= 15 is 0 Å². The van der Waals surface area contributed by atoms with Crippen molar-refractivity contribution in [3.05, 3.63) is 58.7 Å². The van der Waals surface area contributed by atoms with Gasteiger partial charge in [-0.2, -0.15) is 0 Å². The number of ether oxygens (including phenoxy) is 1. The second-order valence-corrected chi connectivity index (χ2v) is 12.1. The first-order chi connectivity index (χ1) is 16.3. The van der Waals surface area contributed by atoms with Crippen molar-refractivity contribution in [1.29, 1.82) is 0 Å². The fourth-order valence-corrected chi connectivity index (χ4v) is 4.48. The van der Waals surface area contributed by atoms with Gasteiger partial charge in [-0.1, -0.05) is 83.9 Å². The zero-order valence-electron chi connectivity index (χ0n) is 23.1. The minimum Gasteiger partial charge on any atom is -0.462 e. The van der Waals surface area contributed by atoms with Crippen molar-refractivity contribution < 1.29 is 19.4 Å². The Morgan fingerprint density at radius 2 is 1.66 bits per heavy atom. The fourth-order valence-electron chi connectivity index (χ4n) is 4.48. The maximum atomic E-state index is 12.6. The highest BCUT2D eigenvalue weighted by atomic mass is 16.5. The van der Waals surface area contributed by atoms with Gasteiger partial charge in [0.1, 0.15) is 0 Å². The molecule has 0 saturated heterocycles. The topological polar surface area (TPSA) is 63.6 Å². The van der Waals surface area contributed by atoms with Crippen LogP contribution in [0.5, 0.6) is 0 Å². The minimum absolute atomic E-state index is 0.0591. The molecule has 0 bridgehead atoms. The molecule has 0 amide bonds. The zero-order chi connectivity index (χ0) is 26.4. The molecule has 0 aromatic heterocycles. The summed E-state index contributed by atoms with van der Waals surface area (Å²) in [6, 6.07) is 6.67. The molecule has 1 aliphatic rings. The summed E-state index contributed by atoms with van der Waals surface area (Å²) in [7, 11) is 0. The molecular formula is C31H46O4. The molecule has 1 aliphatic carbocycles. The summed E-state index contributed by atoms with van der Waals surface area (Å²) in [6.07, 6.45) is 8.41. The van der Waals surface area contributed by atoms with Crippen LogP contribution in [0.1, 0.15) is 102 Å². The van der Waals surface area contributed by atoms with Crippen LogP contribution in [0.15, 0.2) is 47.6 Å². The highest BCUT2D eigenvalue weighted by Crippen LogP contribution is 2.42. The van der Waals surface area contributed by atoms with E-state index < -0.39 is 0 Å². The molecule has 194 valence electrons. The predicted molar refractivity (Wildman–Crippen MR) is 144 cm³/mol. The number of hydrogen-bond donors (Lipinski definition) is 1. The summed E-state index contributed by atoms with van der Waals surface area (Å²) in [6.45, 7) is 17.6. The van der Waals surface area contributed by atoms with E-state index in [9.17, 15) is 14.7 Å². The van der Waals surface area contributed by atoms with Gasteiger partial charge in [-0.25, -0.2) is 4.79 Å². The van der Waals surface area contributed by atoms with Gasteiger partial charge in [0.25, 0.3) is 0 Å². The fraction of sp³-hybridized carbons (Fsp3) is 0.613. The van der Waals surface area contributed by atoms with E-state index in [2.05, 4.69) is 53.7 Å². The van der Waals surface area contributed by atoms with Crippen molar-refractivity contribution in [2.24, 2.45) is 28.6 Å². The number of carbonyl (C=O) groups is 2. The maximum Gasteiger partial charge on any atom is 0.338 e. The lowest BCUT2D eigenvalue weighted by atomic mass is 9.70. The number of hydrogen-bond acceptors (Lipinski definition) is 4. The summed E-state index contributed by atoms with van der Waals surface area (Å²) >= 11 is 0. The van der Waals surface area contributed by atoms with E-state index in [0.717, 1.165) is 25.7 Å². The molecule has 0 fully saturated rings. The van der Waals surface area contributed by atoms with Crippen molar-refractivity contribution in [3.8, 4) is 0 Å². The van der Waals surface area contributed by atoms with E-state index in [1.807, 2.05) is 13.8 Å². The number of carbonyl (C=O) groups excluding carboxylic acids is 2. The molecule has 0 spiro atoms. The van der Waals surface area contributed by atoms with Gasteiger partial charge in [-0.15, -0.1) is 0 Å². The Morgan fingerprint density at radius 1 is 1.06 bits per heavy atom. The third-order valence-corrected chi connectivity index (χ3v) is 7.68. The van der Waals surface area contributed by atoms with E-state index in [1.165, 1.54) is 11.1 Å². The summed E-state index contributed by atoms with van der Waals surface area (Å²) in [5.41, 5.74) is 4.13. The lowest BCUT2D eigenvalue weighted by Crippen LogP contribution is -2.30. The highest BCUT2D eigenvalue weighted by molar-refractivity contribution is 5.98. The molecule has 1 aromatic carbocycles. The number of benzene rings is 1. The quantitative estimate of drug-likeness (QED) is 0.214. The highest BCUT2D eigenvalue weighted by Gasteiger charge is 2.32. The minimum atomic E-state index is -0.388. The van der Waals surface area contributed by atoms with Gasteiger partial charge < -0.3 is 9.84 Å². The molecule has 4 nitrogen and oxygen atoms in total. The maximum absolute atomic E-state index is 12.6. The SMILES string of the molecule is C/C(=C\CCC(C)(C)C1=CCC(COC(=O)c2ccc(C(=O)C(C)C)cc2)C(CO)C1)C(C)(C)C. The van der Waals surface area contributed by atoms with Crippen molar-refractivity contribution in [1.82, 2.24) is 0 Å². The zero-order valence-corrected chi connectivity index (χ0v) is 23.1. The van der Waals surface area contributed by atoms with Crippen LogP contribution in [0.3, 0.4) is 0 Å². The van der Waals surface area contributed by atoms with Crippen LogP contribution in [-0.4, -0.2) is 30.1 Å². The molecule has 1 N–H and O–H groups in total. The predicted octanol–water partition coefficient (Wildman–Crippen LogP) is 7.43. The molecular weight excluding hydrogens is 436 g/mol. The Labute approximate surface area is 212 Å². The lowest BCUT2D eigenvalue weighted by molar-refractivity contribution is 0.0329. The molecule has 0 radical (unpaired) electrons. The van der Waals surface area contributed by atoms with Gasteiger partial charge in [0.05, 0.1) is 12.2 Å².